The van der Waals surface area contributed by atoms with Crippen molar-refractivity contribution in [3.63, 3.8) is 0 Å². The van der Waals surface area contributed by atoms with E-state index in [4.69, 9.17) is 4.74 Å². The van der Waals surface area contributed by atoms with Gasteiger partial charge in [0.1, 0.15) is 12.1 Å². The van der Waals surface area contributed by atoms with E-state index in [2.05, 4.69) is 34.5 Å². The second kappa shape index (κ2) is 10.3. The maximum Gasteiger partial charge on any atom is 0.408 e. The summed E-state index contributed by atoms with van der Waals surface area (Å²) in [5.74, 6) is -0.0491. The summed E-state index contributed by atoms with van der Waals surface area (Å²) in [5.41, 5.74) is 0.813. The van der Waals surface area contributed by atoms with Crippen LogP contribution in [0, 0.1) is 0 Å². The quantitative estimate of drug-likeness (QED) is 0.830. The Balaban J connectivity index is 1.67. The van der Waals surface area contributed by atoms with E-state index in [1.165, 1.54) is 5.56 Å². The highest BCUT2D eigenvalue weighted by molar-refractivity contribution is 5.82. The van der Waals surface area contributed by atoms with Crippen LogP contribution in [0.3, 0.4) is 0 Å². The van der Waals surface area contributed by atoms with Gasteiger partial charge in [0.15, 0.2) is 0 Å². The minimum atomic E-state index is -0.560. The Bertz CT molecular complexity index is 598. The Hall–Kier alpha value is -2.08. The maximum atomic E-state index is 12.4. The lowest BCUT2D eigenvalue weighted by Crippen LogP contribution is -2.43. The van der Waals surface area contributed by atoms with Gasteiger partial charge in [0.05, 0.1) is 0 Å². The predicted octanol–water partition coefficient (Wildman–Crippen LogP) is 2.68. The largest absolute Gasteiger partial charge is 0.444 e. The third-order valence-corrected chi connectivity index (χ3v) is 4.51. The summed E-state index contributed by atoms with van der Waals surface area (Å²) in [6.45, 7) is 9.78. The zero-order chi connectivity index (χ0) is 19.7. The molecule has 150 valence electrons. The molecule has 0 aromatic heterocycles. The first kappa shape index (κ1) is 21.2. The van der Waals surface area contributed by atoms with Crippen LogP contribution in [0.5, 0.6) is 0 Å². The van der Waals surface area contributed by atoms with E-state index in [9.17, 15) is 9.59 Å². The maximum absolute atomic E-state index is 12.4. The Kier molecular flexibility index (Phi) is 8.10. The molecule has 0 bridgehead atoms. The average Bonchev–Trinajstić information content (AvgIpc) is 2.85. The van der Waals surface area contributed by atoms with E-state index < -0.39 is 11.7 Å². The van der Waals surface area contributed by atoms with E-state index in [1.54, 1.807) is 20.8 Å². The SMILES string of the molecule is CC(C)(C)OC(=O)NCC(=O)N1CCCN(CCCc2ccccc2)CC1. The molecular formula is C21H33N3O3. The molecule has 1 N–H and O–H groups in total. The van der Waals surface area contributed by atoms with E-state index in [1.807, 2.05) is 11.0 Å². The molecule has 1 aliphatic rings. The average molecular weight is 376 g/mol. The number of carbonyl (C=O) groups is 2. The molecule has 0 radical (unpaired) electrons. The molecule has 6 nitrogen and oxygen atoms in total. The fraction of sp³-hybridized carbons (Fsp3) is 0.619. The zero-order valence-electron chi connectivity index (χ0n) is 16.9. The van der Waals surface area contributed by atoms with Gasteiger partial charge in [0.25, 0.3) is 0 Å². The van der Waals surface area contributed by atoms with Crippen molar-refractivity contribution in [2.24, 2.45) is 0 Å². The molecule has 0 saturated carbocycles. The highest BCUT2D eigenvalue weighted by Crippen LogP contribution is 2.08. The van der Waals surface area contributed by atoms with Crippen LogP contribution in [0.15, 0.2) is 30.3 Å². The van der Waals surface area contributed by atoms with Crippen molar-refractivity contribution in [2.45, 2.75) is 45.6 Å². The monoisotopic (exact) mass is 375 g/mol. The molecule has 1 aromatic rings. The molecule has 0 atom stereocenters. The number of aryl methyl sites for hydroxylation is 1. The van der Waals surface area contributed by atoms with Crippen LogP contribution < -0.4 is 5.32 Å². The van der Waals surface area contributed by atoms with E-state index in [0.29, 0.717) is 6.54 Å². The van der Waals surface area contributed by atoms with Gasteiger partial charge in [0, 0.05) is 19.6 Å². The number of nitrogens with one attached hydrogen (secondary N) is 1. The lowest BCUT2D eigenvalue weighted by molar-refractivity contribution is -0.130. The van der Waals surface area contributed by atoms with Crippen molar-refractivity contribution in [1.82, 2.24) is 15.1 Å². The fourth-order valence-corrected chi connectivity index (χ4v) is 3.17. The third-order valence-electron chi connectivity index (χ3n) is 4.51. The van der Waals surface area contributed by atoms with Gasteiger partial charge in [-0.15, -0.1) is 0 Å². The van der Waals surface area contributed by atoms with Crippen LogP contribution in [-0.2, 0) is 16.0 Å². The first-order chi connectivity index (χ1) is 12.8. The standard InChI is InChI=1S/C21H33N3O3/c1-21(2,3)27-20(26)22-17-19(25)24-14-8-13-23(15-16-24)12-7-11-18-9-5-4-6-10-18/h4-6,9-10H,7-8,11-17H2,1-3H3,(H,22,26). The van der Waals surface area contributed by atoms with Crippen LogP contribution in [0.4, 0.5) is 4.79 Å². The van der Waals surface area contributed by atoms with Crippen molar-refractivity contribution in [2.75, 3.05) is 39.3 Å². The number of benzene rings is 1. The Labute approximate surface area is 162 Å². The predicted molar refractivity (Wildman–Crippen MR) is 107 cm³/mol. The summed E-state index contributed by atoms with van der Waals surface area (Å²) in [6.07, 6.45) is 2.62. The Morgan fingerprint density at radius 3 is 2.52 bits per heavy atom. The van der Waals surface area contributed by atoms with Crippen LogP contribution in [0.1, 0.15) is 39.2 Å². The van der Waals surface area contributed by atoms with Gasteiger partial charge in [-0.3, -0.25) is 4.79 Å². The number of nitrogens with zero attached hydrogens (tertiary/aromatic N) is 2. The molecule has 1 fully saturated rings. The highest BCUT2D eigenvalue weighted by Gasteiger charge is 2.21. The Morgan fingerprint density at radius 2 is 1.81 bits per heavy atom. The van der Waals surface area contributed by atoms with Gasteiger partial charge in [-0.05, 0) is 58.7 Å². The third kappa shape index (κ3) is 8.43. The number of ether oxygens (including phenoxy) is 1. The number of alkyl carbamates (subject to hydrolysis) is 1. The van der Waals surface area contributed by atoms with Crippen molar-refractivity contribution in [1.29, 1.82) is 0 Å². The lowest BCUT2D eigenvalue weighted by Gasteiger charge is -2.23. The van der Waals surface area contributed by atoms with Crippen molar-refractivity contribution >= 4 is 12.0 Å². The topological polar surface area (TPSA) is 61.9 Å². The molecule has 2 amide bonds. The van der Waals surface area contributed by atoms with Crippen LogP contribution in [0.25, 0.3) is 0 Å². The van der Waals surface area contributed by atoms with Crippen molar-refractivity contribution in [3.8, 4) is 0 Å². The molecule has 6 heteroatoms. The second-order valence-corrected chi connectivity index (χ2v) is 8.02. The summed E-state index contributed by atoms with van der Waals surface area (Å²) < 4.78 is 5.17. The lowest BCUT2D eigenvalue weighted by atomic mass is 10.1. The van der Waals surface area contributed by atoms with Crippen LogP contribution in [-0.4, -0.2) is 66.7 Å². The summed E-state index contributed by atoms with van der Waals surface area (Å²) in [6, 6.07) is 10.5. The normalized spacial score (nSPS) is 15.9. The van der Waals surface area contributed by atoms with Crippen molar-refractivity contribution < 1.29 is 14.3 Å². The van der Waals surface area contributed by atoms with Gasteiger partial charge in [-0.1, -0.05) is 30.3 Å². The zero-order valence-corrected chi connectivity index (χ0v) is 16.9. The minimum Gasteiger partial charge on any atom is -0.444 e. The number of rotatable bonds is 6. The van der Waals surface area contributed by atoms with E-state index in [0.717, 1.165) is 45.4 Å². The molecule has 0 aliphatic carbocycles. The van der Waals surface area contributed by atoms with E-state index >= 15 is 0 Å². The molecule has 2 rings (SSSR count). The molecule has 1 aromatic carbocycles. The number of carbonyl (C=O) groups excluding carboxylic acids is 2. The summed E-state index contributed by atoms with van der Waals surface area (Å²) in [7, 11) is 0. The first-order valence-electron chi connectivity index (χ1n) is 9.84. The van der Waals surface area contributed by atoms with Gasteiger partial charge < -0.3 is 19.9 Å². The molecule has 1 saturated heterocycles. The first-order valence-corrected chi connectivity index (χ1v) is 9.84. The number of hydrogen-bond acceptors (Lipinski definition) is 4. The molecule has 1 heterocycles. The van der Waals surface area contributed by atoms with Crippen LogP contribution in [0.2, 0.25) is 0 Å². The second-order valence-electron chi connectivity index (χ2n) is 8.02. The van der Waals surface area contributed by atoms with Crippen LogP contribution >= 0.6 is 0 Å². The number of hydrogen-bond donors (Lipinski definition) is 1. The van der Waals surface area contributed by atoms with E-state index in [-0.39, 0.29) is 12.5 Å². The fourth-order valence-electron chi connectivity index (χ4n) is 3.17. The van der Waals surface area contributed by atoms with Gasteiger partial charge >= 0.3 is 6.09 Å². The van der Waals surface area contributed by atoms with Gasteiger partial charge in [0.2, 0.25) is 5.91 Å². The molecule has 0 spiro atoms. The summed E-state index contributed by atoms with van der Waals surface area (Å²) >= 11 is 0. The van der Waals surface area contributed by atoms with Gasteiger partial charge in [-0.2, -0.15) is 0 Å². The smallest absolute Gasteiger partial charge is 0.408 e. The summed E-state index contributed by atoms with van der Waals surface area (Å²) in [4.78, 5) is 28.3. The molecule has 27 heavy (non-hydrogen) atoms. The molecule has 0 unspecified atom stereocenters. The molecule has 1 aliphatic heterocycles. The minimum absolute atomic E-state index is 0.0110. The number of amides is 2. The van der Waals surface area contributed by atoms with Crippen molar-refractivity contribution in [3.05, 3.63) is 35.9 Å². The molecular weight excluding hydrogens is 342 g/mol. The highest BCUT2D eigenvalue weighted by atomic mass is 16.6. The Morgan fingerprint density at radius 1 is 1.07 bits per heavy atom. The van der Waals surface area contributed by atoms with Gasteiger partial charge in [-0.25, -0.2) is 4.79 Å². The summed E-state index contributed by atoms with van der Waals surface area (Å²) in [5, 5.41) is 2.55.